The molecule has 8 nitrogen and oxygen atoms in total. The Bertz CT molecular complexity index is 831. The number of aromatic amines is 1. The number of rotatable bonds is 5. The van der Waals surface area contributed by atoms with Gasteiger partial charge in [0.15, 0.2) is 5.82 Å². The standard InChI is InChI=1S/C18H24N6O2/c1-10(2)13-9-15(23-22-13)20-16-11-5-3-6-12(11)19-18(21-16)24-8-4-7-14(24)17(25)26/h9-10,14H,3-8H2,1-2H3,(H,25,26)(H2,19,20,21,22,23). The van der Waals surface area contributed by atoms with Crippen LogP contribution in [-0.2, 0) is 17.6 Å². The molecule has 2 aromatic heterocycles. The molecule has 0 saturated carbocycles. The van der Waals surface area contributed by atoms with Gasteiger partial charge >= 0.3 is 5.97 Å². The van der Waals surface area contributed by atoms with E-state index in [-0.39, 0.29) is 0 Å². The van der Waals surface area contributed by atoms with Crippen molar-refractivity contribution < 1.29 is 9.90 Å². The molecule has 1 fully saturated rings. The second-order valence-corrected chi connectivity index (χ2v) is 7.33. The van der Waals surface area contributed by atoms with Crippen LogP contribution in [0.1, 0.15) is 56.0 Å². The fourth-order valence-corrected chi connectivity index (χ4v) is 3.73. The molecule has 0 amide bonds. The Morgan fingerprint density at radius 2 is 2.19 bits per heavy atom. The first-order chi connectivity index (χ1) is 12.5. The summed E-state index contributed by atoms with van der Waals surface area (Å²) in [6, 6.07) is 1.45. The predicted molar refractivity (Wildman–Crippen MR) is 98.0 cm³/mol. The molecule has 0 spiro atoms. The summed E-state index contributed by atoms with van der Waals surface area (Å²) in [4.78, 5) is 22.7. The number of aliphatic carboxylic acids is 1. The van der Waals surface area contributed by atoms with Crippen molar-refractivity contribution in [2.24, 2.45) is 0 Å². The van der Waals surface area contributed by atoms with E-state index in [2.05, 4.69) is 34.3 Å². The highest BCUT2D eigenvalue weighted by Gasteiger charge is 2.33. The summed E-state index contributed by atoms with van der Waals surface area (Å²) in [5, 5.41) is 20.2. The number of anilines is 3. The zero-order valence-electron chi connectivity index (χ0n) is 15.1. The summed E-state index contributed by atoms with van der Waals surface area (Å²) in [5.74, 6) is 1.54. The third-order valence-corrected chi connectivity index (χ3v) is 5.18. The monoisotopic (exact) mass is 356 g/mol. The third kappa shape index (κ3) is 3.00. The molecule has 1 aliphatic carbocycles. The van der Waals surface area contributed by atoms with Crippen molar-refractivity contribution in [1.29, 1.82) is 0 Å². The predicted octanol–water partition coefficient (Wildman–Crippen LogP) is 2.61. The van der Waals surface area contributed by atoms with Gasteiger partial charge in [0.25, 0.3) is 0 Å². The minimum atomic E-state index is -0.810. The zero-order valence-corrected chi connectivity index (χ0v) is 15.1. The first-order valence-electron chi connectivity index (χ1n) is 9.24. The largest absolute Gasteiger partial charge is 0.480 e. The van der Waals surface area contributed by atoms with E-state index in [1.807, 2.05) is 11.0 Å². The molecule has 3 N–H and O–H groups in total. The van der Waals surface area contributed by atoms with Gasteiger partial charge in [0, 0.05) is 23.9 Å². The van der Waals surface area contributed by atoms with E-state index in [0.717, 1.165) is 54.3 Å². The summed E-state index contributed by atoms with van der Waals surface area (Å²) in [7, 11) is 0. The molecule has 0 radical (unpaired) electrons. The number of nitrogens with zero attached hydrogens (tertiary/aromatic N) is 4. The maximum Gasteiger partial charge on any atom is 0.326 e. The van der Waals surface area contributed by atoms with Gasteiger partial charge in [-0.05, 0) is 38.0 Å². The molecule has 2 aromatic rings. The van der Waals surface area contributed by atoms with Crippen LogP contribution in [0.3, 0.4) is 0 Å². The van der Waals surface area contributed by atoms with Crippen molar-refractivity contribution in [3.8, 4) is 0 Å². The van der Waals surface area contributed by atoms with Crippen molar-refractivity contribution in [2.75, 3.05) is 16.8 Å². The molecule has 1 aliphatic heterocycles. The number of fused-ring (bicyclic) bond motifs is 1. The van der Waals surface area contributed by atoms with E-state index in [1.165, 1.54) is 0 Å². The normalized spacial score (nSPS) is 19.2. The molecule has 2 aliphatic rings. The average molecular weight is 356 g/mol. The highest BCUT2D eigenvalue weighted by molar-refractivity contribution is 5.78. The fourth-order valence-electron chi connectivity index (χ4n) is 3.73. The topological polar surface area (TPSA) is 107 Å². The van der Waals surface area contributed by atoms with Crippen LogP contribution in [0.2, 0.25) is 0 Å². The summed E-state index contributed by atoms with van der Waals surface area (Å²) in [6.45, 7) is 4.89. The maximum atomic E-state index is 11.5. The highest BCUT2D eigenvalue weighted by atomic mass is 16.4. The minimum Gasteiger partial charge on any atom is -0.480 e. The molecule has 26 heavy (non-hydrogen) atoms. The lowest BCUT2D eigenvalue weighted by Gasteiger charge is -2.23. The van der Waals surface area contributed by atoms with Gasteiger partial charge in [0.2, 0.25) is 5.95 Å². The van der Waals surface area contributed by atoms with Crippen LogP contribution >= 0.6 is 0 Å². The number of carboxylic acid groups (broad SMARTS) is 1. The van der Waals surface area contributed by atoms with E-state index < -0.39 is 12.0 Å². The number of hydrogen-bond acceptors (Lipinski definition) is 6. The number of carboxylic acids is 1. The molecular formula is C18H24N6O2. The van der Waals surface area contributed by atoms with Gasteiger partial charge < -0.3 is 15.3 Å². The van der Waals surface area contributed by atoms with Gasteiger partial charge in [-0.15, -0.1) is 0 Å². The summed E-state index contributed by atoms with van der Waals surface area (Å²) in [5.41, 5.74) is 3.20. The molecule has 0 bridgehead atoms. The Hall–Kier alpha value is -2.64. The van der Waals surface area contributed by atoms with Gasteiger partial charge in [-0.25, -0.2) is 9.78 Å². The lowest BCUT2D eigenvalue weighted by Crippen LogP contribution is -2.37. The molecule has 8 heteroatoms. The fraction of sp³-hybridized carbons (Fsp3) is 0.556. The van der Waals surface area contributed by atoms with Gasteiger partial charge in [0.05, 0.1) is 5.69 Å². The van der Waals surface area contributed by atoms with E-state index in [1.54, 1.807) is 0 Å². The van der Waals surface area contributed by atoms with E-state index in [4.69, 9.17) is 4.98 Å². The summed E-state index contributed by atoms with van der Waals surface area (Å²) >= 11 is 0. The van der Waals surface area contributed by atoms with Crippen LogP contribution in [0.5, 0.6) is 0 Å². The Morgan fingerprint density at radius 1 is 1.35 bits per heavy atom. The van der Waals surface area contributed by atoms with E-state index >= 15 is 0 Å². The third-order valence-electron chi connectivity index (χ3n) is 5.18. The van der Waals surface area contributed by atoms with Crippen LogP contribution in [0, 0.1) is 0 Å². The maximum absolute atomic E-state index is 11.5. The molecule has 1 atom stereocenters. The summed E-state index contributed by atoms with van der Waals surface area (Å²) < 4.78 is 0. The Kier molecular flexibility index (Phi) is 4.26. The van der Waals surface area contributed by atoms with E-state index in [9.17, 15) is 9.90 Å². The first-order valence-corrected chi connectivity index (χ1v) is 9.24. The van der Waals surface area contributed by atoms with Crippen molar-refractivity contribution in [1.82, 2.24) is 20.2 Å². The minimum absolute atomic E-state index is 0.366. The highest BCUT2D eigenvalue weighted by Crippen LogP contribution is 2.32. The molecule has 4 rings (SSSR count). The van der Waals surface area contributed by atoms with Gasteiger partial charge in [-0.1, -0.05) is 13.8 Å². The van der Waals surface area contributed by atoms with Gasteiger partial charge in [-0.2, -0.15) is 10.1 Å². The lowest BCUT2D eigenvalue weighted by molar-refractivity contribution is -0.138. The average Bonchev–Trinajstić information content (AvgIpc) is 3.34. The Balaban J connectivity index is 1.67. The van der Waals surface area contributed by atoms with Crippen molar-refractivity contribution in [3.63, 3.8) is 0 Å². The number of aromatic nitrogens is 4. The van der Waals surface area contributed by atoms with Crippen LogP contribution in [0.4, 0.5) is 17.6 Å². The summed E-state index contributed by atoms with van der Waals surface area (Å²) in [6.07, 6.45) is 4.36. The SMILES string of the molecule is CC(C)c1cc(Nc2nc(N3CCCC3C(=O)O)nc3c2CCC3)n[nH]1. The van der Waals surface area contributed by atoms with Crippen LogP contribution in [0.15, 0.2) is 6.07 Å². The van der Waals surface area contributed by atoms with Gasteiger partial charge in [0.1, 0.15) is 11.9 Å². The number of carbonyl (C=O) groups is 1. The first kappa shape index (κ1) is 16.8. The second-order valence-electron chi connectivity index (χ2n) is 7.33. The van der Waals surface area contributed by atoms with Crippen molar-refractivity contribution >= 4 is 23.6 Å². The van der Waals surface area contributed by atoms with Crippen LogP contribution in [-0.4, -0.2) is 43.8 Å². The lowest BCUT2D eigenvalue weighted by atomic mass is 10.1. The van der Waals surface area contributed by atoms with Crippen LogP contribution < -0.4 is 10.2 Å². The number of H-pyrrole nitrogens is 1. The number of aryl methyl sites for hydroxylation is 1. The quantitative estimate of drug-likeness (QED) is 0.756. The smallest absolute Gasteiger partial charge is 0.326 e. The molecule has 3 heterocycles. The molecule has 1 unspecified atom stereocenters. The van der Waals surface area contributed by atoms with Crippen molar-refractivity contribution in [2.45, 2.75) is 57.9 Å². The Labute approximate surface area is 152 Å². The van der Waals surface area contributed by atoms with E-state index in [0.29, 0.717) is 24.8 Å². The molecule has 138 valence electrons. The van der Waals surface area contributed by atoms with Gasteiger partial charge in [-0.3, -0.25) is 5.10 Å². The molecular weight excluding hydrogens is 332 g/mol. The second kappa shape index (κ2) is 6.59. The van der Waals surface area contributed by atoms with Crippen molar-refractivity contribution in [3.05, 3.63) is 23.0 Å². The Morgan fingerprint density at radius 3 is 2.92 bits per heavy atom. The molecule has 1 saturated heterocycles. The zero-order chi connectivity index (χ0) is 18.3. The number of nitrogens with one attached hydrogen (secondary N) is 2. The molecule has 0 aromatic carbocycles. The number of hydrogen-bond donors (Lipinski definition) is 3. The van der Waals surface area contributed by atoms with Crippen LogP contribution in [0.25, 0.3) is 0 Å².